The minimum absolute atomic E-state index is 0.145. The van der Waals surface area contributed by atoms with Crippen LogP contribution in [0.3, 0.4) is 0 Å². The van der Waals surface area contributed by atoms with Gasteiger partial charge in [0, 0.05) is 19.1 Å². The lowest BCUT2D eigenvalue weighted by Gasteiger charge is -2.38. The topological polar surface area (TPSA) is 35.5 Å². The summed E-state index contributed by atoms with van der Waals surface area (Å²) in [6.07, 6.45) is 3.16. The molecule has 0 spiro atoms. The summed E-state index contributed by atoms with van der Waals surface area (Å²) in [6, 6.07) is 0.671. The molecule has 1 heterocycles. The van der Waals surface area contributed by atoms with E-state index in [0.29, 0.717) is 6.04 Å². The number of β-amino-alcohol motifs (C(OH)–C–C–N with tert-alkyl or cyclic N) is 1. The molecule has 3 nitrogen and oxygen atoms in total. The Kier molecular flexibility index (Phi) is 5.58. The van der Waals surface area contributed by atoms with Crippen molar-refractivity contribution in [1.82, 2.24) is 10.2 Å². The molecule has 0 aromatic heterocycles. The third kappa shape index (κ3) is 3.74. The number of nitrogens with one attached hydrogen (secondary N) is 1. The fourth-order valence-corrected chi connectivity index (χ4v) is 2.49. The maximum atomic E-state index is 9.63. The molecule has 2 N–H and O–H groups in total. The summed E-state index contributed by atoms with van der Waals surface area (Å²) in [5.74, 6) is 0.743. The highest BCUT2D eigenvalue weighted by molar-refractivity contribution is 4.84. The van der Waals surface area contributed by atoms with E-state index in [1.54, 1.807) is 0 Å². The number of aliphatic hydroxyl groups is 1. The number of nitrogens with zero attached hydrogens (tertiary/aromatic N) is 1. The lowest BCUT2D eigenvalue weighted by molar-refractivity contribution is 0.0699. The van der Waals surface area contributed by atoms with E-state index in [2.05, 4.69) is 24.2 Å². The molecule has 0 aromatic carbocycles. The summed E-state index contributed by atoms with van der Waals surface area (Å²) in [5.41, 5.74) is 0. The molecule has 1 saturated heterocycles. The van der Waals surface area contributed by atoms with Gasteiger partial charge in [-0.05, 0) is 32.4 Å². The van der Waals surface area contributed by atoms with Crippen molar-refractivity contribution in [3.63, 3.8) is 0 Å². The average molecular weight is 214 g/mol. The van der Waals surface area contributed by atoms with Gasteiger partial charge in [-0.15, -0.1) is 0 Å². The van der Waals surface area contributed by atoms with E-state index in [0.717, 1.165) is 32.0 Å². The zero-order valence-corrected chi connectivity index (χ0v) is 10.4. The van der Waals surface area contributed by atoms with Gasteiger partial charge < -0.3 is 15.3 Å². The second-order valence-electron chi connectivity index (χ2n) is 4.67. The van der Waals surface area contributed by atoms with E-state index < -0.39 is 0 Å². The third-order valence-corrected chi connectivity index (χ3v) is 3.65. The van der Waals surface area contributed by atoms with Gasteiger partial charge in [0.2, 0.25) is 0 Å². The highest BCUT2D eigenvalue weighted by atomic mass is 16.3. The van der Waals surface area contributed by atoms with Crippen LogP contribution in [-0.4, -0.2) is 48.8 Å². The first kappa shape index (κ1) is 12.9. The standard InChI is InChI=1S/C12H26N2O/c1-4-10-8-14(9-11(15)5-2)7-6-12(10)13-3/h10-13,15H,4-9H2,1-3H3. The lowest BCUT2D eigenvalue weighted by Crippen LogP contribution is -2.49. The van der Waals surface area contributed by atoms with Gasteiger partial charge in [0.05, 0.1) is 6.10 Å². The third-order valence-electron chi connectivity index (χ3n) is 3.65. The van der Waals surface area contributed by atoms with Gasteiger partial charge in [-0.1, -0.05) is 20.3 Å². The van der Waals surface area contributed by atoms with Crippen molar-refractivity contribution < 1.29 is 5.11 Å². The van der Waals surface area contributed by atoms with Crippen LogP contribution in [0.2, 0.25) is 0 Å². The van der Waals surface area contributed by atoms with E-state index in [1.165, 1.54) is 12.8 Å². The molecule has 1 fully saturated rings. The van der Waals surface area contributed by atoms with Crippen molar-refractivity contribution in [2.24, 2.45) is 5.92 Å². The summed E-state index contributed by atoms with van der Waals surface area (Å²) >= 11 is 0. The Labute approximate surface area is 93.9 Å². The van der Waals surface area contributed by atoms with Crippen LogP contribution in [0.5, 0.6) is 0 Å². The molecule has 1 aliphatic heterocycles. The molecule has 1 rings (SSSR count). The van der Waals surface area contributed by atoms with Crippen LogP contribution in [0.15, 0.2) is 0 Å². The number of piperidine rings is 1. The maximum Gasteiger partial charge on any atom is 0.0664 e. The highest BCUT2D eigenvalue weighted by Crippen LogP contribution is 2.20. The summed E-state index contributed by atoms with van der Waals surface area (Å²) in [6.45, 7) is 7.42. The molecule has 0 bridgehead atoms. The number of hydrogen-bond donors (Lipinski definition) is 2. The predicted octanol–water partition coefficient (Wildman–Crippen LogP) is 1.08. The van der Waals surface area contributed by atoms with Crippen molar-refractivity contribution in [1.29, 1.82) is 0 Å². The Balaban J connectivity index is 2.38. The van der Waals surface area contributed by atoms with Crippen LogP contribution in [0.25, 0.3) is 0 Å². The molecular weight excluding hydrogens is 188 g/mol. The second-order valence-corrected chi connectivity index (χ2v) is 4.67. The van der Waals surface area contributed by atoms with Crippen molar-refractivity contribution in [3.05, 3.63) is 0 Å². The van der Waals surface area contributed by atoms with Gasteiger partial charge in [0.15, 0.2) is 0 Å². The quantitative estimate of drug-likeness (QED) is 0.719. The Hall–Kier alpha value is -0.120. The number of likely N-dealkylation sites (tertiary alicyclic amines) is 1. The summed E-state index contributed by atoms with van der Waals surface area (Å²) in [5, 5.41) is 13.0. The maximum absolute atomic E-state index is 9.63. The van der Waals surface area contributed by atoms with E-state index in [9.17, 15) is 5.11 Å². The number of aliphatic hydroxyl groups excluding tert-OH is 1. The number of hydrogen-bond acceptors (Lipinski definition) is 3. The summed E-state index contributed by atoms with van der Waals surface area (Å²) in [4.78, 5) is 2.41. The smallest absolute Gasteiger partial charge is 0.0664 e. The molecule has 3 atom stereocenters. The average Bonchev–Trinajstić information content (AvgIpc) is 2.28. The van der Waals surface area contributed by atoms with E-state index in [4.69, 9.17) is 0 Å². The Morgan fingerprint density at radius 2 is 2.20 bits per heavy atom. The monoisotopic (exact) mass is 214 g/mol. The van der Waals surface area contributed by atoms with Crippen molar-refractivity contribution >= 4 is 0 Å². The molecule has 0 radical (unpaired) electrons. The predicted molar refractivity (Wildman–Crippen MR) is 64.0 cm³/mol. The highest BCUT2D eigenvalue weighted by Gasteiger charge is 2.27. The van der Waals surface area contributed by atoms with Crippen LogP contribution in [0.1, 0.15) is 33.1 Å². The van der Waals surface area contributed by atoms with Gasteiger partial charge in [0.1, 0.15) is 0 Å². The van der Waals surface area contributed by atoms with Crippen LogP contribution in [0.4, 0.5) is 0 Å². The minimum Gasteiger partial charge on any atom is -0.392 e. The van der Waals surface area contributed by atoms with E-state index in [-0.39, 0.29) is 6.10 Å². The fraction of sp³-hybridized carbons (Fsp3) is 1.00. The summed E-state index contributed by atoms with van der Waals surface area (Å²) in [7, 11) is 2.06. The molecule has 0 saturated carbocycles. The van der Waals surface area contributed by atoms with Gasteiger partial charge in [-0.3, -0.25) is 0 Å². The Morgan fingerprint density at radius 3 is 2.73 bits per heavy atom. The Morgan fingerprint density at radius 1 is 1.47 bits per heavy atom. The zero-order chi connectivity index (χ0) is 11.3. The molecule has 3 heteroatoms. The molecule has 1 aliphatic rings. The van der Waals surface area contributed by atoms with Crippen molar-refractivity contribution in [2.45, 2.75) is 45.3 Å². The first-order valence-corrected chi connectivity index (χ1v) is 6.28. The van der Waals surface area contributed by atoms with Crippen LogP contribution >= 0.6 is 0 Å². The van der Waals surface area contributed by atoms with Crippen LogP contribution in [0, 0.1) is 5.92 Å². The van der Waals surface area contributed by atoms with Crippen LogP contribution in [-0.2, 0) is 0 Å². The lowest BCUT2D eigenvalue weighted by atomic mass is 9.90. The van der Waals surface area contributed by atoms with Gasteiger partial charge in [-0.2, -0.15) is 0 Å². The number of rotatable bonds is 5. The zero-order valence-electron chi connectivity index (χ0n) is 10.4. The molecule has 0 amide bonds. The van der Waals surface area contributed by atoms with E-state index >= 15 is 0 Å². The van der Waals surface area contributed by atoms with Gasteiger partial charge in [-0.25, -0.2) is 0 Å². The minimum atomic E-state index is -0.145. The molecule has 3 unspecified atom stereocenters. The molecule has 0 aromatic rings. The Bertz CT molecular complexity index is 175. The first-order chi connectivity index (χ1) is 7.21. The van der Waals surface area contributed by atoms with E-state index in [1.807, 2.05) is 6.92 Å². The SMILES string of the molecule is CCC(O)CN1CCC(NC)C(CC)C1. The molecule has 0 aliphatic carbocycles. The van der Waals surface area contributed by atoms with Gasteiger partial charge >= 0.3 is 0 Å². The van der Waals surface area contributed by atoms with Crippen LogP contribution < -0.4 is 5.32 Å². The molecule has 15 heavy (non-hydrogen) atoms. The second kappa shape index (κ2) is 6.46. The molecular formula is C12H26N2O. The summed E-state index contributed by atoms with van der Waals surface area (Å²) < 4.78 is 0. The first-order valence-electron chi connectivity index (χ1n) is 6.28. The normalized spacial score (nSPS) is 30.4. The molecule has 90 valence electrons. The fourth-order valence-electron chi connectivity index (χ4n) is 2.49. The van der Waals surface area contributed by atoms with Gasteiger partial charge in [0.25, 0.3) is 0 Å². The van der Waals surface area contributed by atoms with Crippen molar-refractivity contribution in [2.75, 3.05) is 26.7 Å². The largest absolute Gasteiger partial charge is 0.392 e. The van der Waals surface area contributed by atoms with Crippen molar-refractivity contribution in [3.8, 4) is 0 Å².